The molecule has 264 valence electrons. The molecule has 0 aliphatic carbocycles. The summed E-state index contributed by atoms with van der Waals surface area (Å²) in [5.41, 5.74) is 7.84. The summed E-state index contributed by atoms with van der Waals surface area (Å²) in [6.45, 7) is 8.72. The number of hydrogen-bond acceptors (Lipinski definition) is 0. The molecule has 0 bridgehead atoms. The average molecular weight is 940 g/mol. The zero-order valence-corrected chi connectivity index (χ0v) is 36.9. The Morgan fingerprint density at radius 2 is 0.566 bits per heavy atom. The first-order valence-corrected chi connectivity index (χ1v) is 20.0. The summed E-state index contributed by atoms with van der Waals surface area (Å²) in [6, 6.07) is 64.6. The third-order valence-corrected chi connectivity index (χ3v) is 14.7. The molecule has 8 rings (SSSR count). The van der Waals surface area contributed by atoms with E-state index in [0.717, 1.165) is 0 Å². The van der Waals surface area contributed by atoms with Crippen molar-refractivity contribution in [1.29, 1.82) is 0 Å². The van der Waals surface area contributed by atoms with E-state index >= 15 is 0 Å². The third kappa shape index (κ3) is 8.37. The van der Waals surface area contributed by atoms with Gasteiger partial charge in [0.25, 0.3) is 0 Å². The van der Waals surface area contributed by atoms with Gasteiger partial charge in [-0.2, -0.15) is 0 Å². The molecule has 5 heteroatoms. The number of halogens is 2. The van der Waals surface area contributed by atoms with E-state index in [2.05, 4.69) is 198 Å². The Bertz CT molecular complexity index is 2190. The summed E-state index contributed by atoms with van der Waals surface area (Å²) in [6.07, 6.45) is 0. The molecular formula is C48H40Br2P2Ru. The van der Waals surface area contributed by atoms with Crippen molar-refractivity contribution >= 4 is 69.2 Å². The van der Waals surface area contributed by atoms with Gasteiger partial charge >= 0.3 is 19.5 Å². The second-order valence-electron chi connectivity index (χ2n) is 13.4. The summed E-state index contributed by atoms with van der Waals surface area (Å²) in [7, 11) is -1.77. The summed E-state index contributed by atoms with van der Waals surface area (Å²) in [4.78, 5) is 0. The Labute approximate surface area is 350 Å². The molecule has 0 N–H and O–H groups in total. The van der Waals surface area contributed by atoms with E-state index in [0.29, 0.717) is 0 Å². The van der Waals surface area contributed by atoms with Crippen LogP contribution in [-0.4, -0.2) is 0 Å². The minimum Gasteiger partial charge on any atom is -1.00 e. The molecule has 0 radical (unpaired) electrons. The largest absolute Gasteiger partial charge is 2.00 e. The maximum Gasteiger partial charge on any atom is 2.00 e. The van der Waals surface area contributed by atoms with Gasteiger partial charge in [-0.25, -0.2) is 0 Å². The Morgan fingerprint density at radius 3 is 0.849 bits per heavy atom. The number of hydrogen-bond donors (Lipinski definition) is 0. The zero-order valence-electron chi connectivity index (χ0n) is 30.2. The number of fused-ring (bicyclic) bond motifs is 2. The van der Waals surface area contributed by atoms with Gasteiger partial charge in [-0.05, 0) is 108 Å². The minimum atomic E-state index is -0.885. The van der Waals surface area contributed by atoms with E-state index in [9.17, 15) is 0 Å². The monoisotopic (exact) mass is 938 g/mol. The predicted molar refractivity (Wildman–Crippen MR) is 223 cm³/mol. The van der Waals surface area contributed by atoms with Crippen LogP contribution in [0.2, 0.25) is 0 Å². The third-order valence-electron chi connectivity index (χ3n) is 9.71. The van der Waals surface area contributed by atoms with Gasteiger partial charge in [-0.15, -0.1) is 0 Å². The molecule has 0 heterocycles. The molecule has 0 aliphatic rings. The summed E-state index contributed by atoms with van der Waals surface area (Å²) in [5.74, 6) is 0. The van der Waals surface area contributed by atoms with Crippen molar-refractivity contribution in [2.24, 2.45) is 0 Å². The van der Waals surface area contributed by atoms with Crippen LogP contribution in [0.1, 0.15) is 22.3 Å². The molecule has 0 unspecified atom stereocenters. The first-order valence-electron chi connectivity index (χ1n) is 17.4. The van der Waals surface area contributed by atoms with Crippen LogP contribution >= 0.6 is 15.8 Å². The molecule has 0 aliphatic heterocycles. The summed E-state index contributed by atoms with van der Waals surface area (Å²) >= 11 is 0. The molecule has 0 aromatic heterocycles. The van der Waals surface area contributed by atoms with Gasteiger partial charge in [-0.1, -0.05) is 192 Å². The van der Waals surface area contributed by atoms with E-state index in [-0.39, 0.29) is 53.4 Å². The van der Waals surface area contributed by atoms with Crippen molar-refractivity contribution < 1.29 is 53.4 Å². The van der Waals surface area contributed by atoms with Gasteiger partial charge in [0.1, 0.15) is 0 Å². The standard InChI is InChI=1S/C48H40P2.2BrH.Ru/c1-33-13-23-39(24-14-33)49(40-25-15-34(2)16-26-40)45-31-21-37-9-5-7-11-43(37)47(45)48-44-12-8-6-10-38(44)22-32-46(48)50(41-27-17-35(3)18-28-41)42-29-19-36(4)20-30-42;;;/h5-32H,1-4H3;2*1H;/q;;;+2/p-2. The fourth-order valence-corrected chi connectivity index (χ4v) is 11.9. The first kappa shape index (κ1) is 40.9. The normalized spacial score (nSPS) is 10.9. The molecule has 0 saturated carbocycles. The maximum absolute atomic E-state index is 2.44. The van der Waals surface area contributed by atoms with Crippen LogP contribution in [0.4, 0.5) is 0 Å². The van der Waals surface area contributed by atoms with Crippen LogP contribution < -0.4 is 65.8 Å². The van der Waals surface area contributed by atoms with Crippen molar-refractivity contribution in [2.45, 2.75) is 27.7 Å². The quantitative estimate of drug-likeness (QED) is 0.164. The van der Waals surface area contributed by atoms with E-state index in [4.69, 9.17) is 0 Å². The van der Waals surface area contributed by atoms with E-state index < -0.39 is 15.8 Å². The molecular weight excluding hydrogens is 899 g/mol. The van der Waals surface area contributed by atoms with Gasteiger partial charge in [0, 0.05) is 0 Å². The number of aryl methyl sites for hydroxylation is 4. The van der Waals surface area contributed by atoms with Gasteiger partial charge in [0.15, 0.2) is 0 Å². The van der Waals surface area contributed by atoms with Crippen LogP contribution in [0.3, 0.4) is 0 Å². The van der Waals surface area contributed by atoms with Gasteiger partial charge in [0.05, 0.1) is 0 Å². The van der Waals surface area contributed by atoms with Crippen LogP contribution in [0.25, 0.3) is 32.7 Å². The van der Waals surface area contributed by atoms with Crippen molar-refractivity contribution in [1.82, 2.24) is 0 Å². The molecule has 0 spiro atoms. The van der Waals surface area contributed by atoms with Crippen LogP contribution in [0, 0.1) is 27.7 Å². The Kier molecular flexibility index (Phi) is 13.8. The molecule has 0 fully saturated rings. The second-order valence-corrected chi connectivity index (χ2v) is 17.7. The number of benzene rings is 8. The van der Waals surface area contributed by atoms with Crippen molar-refractivity contribution in [3.05, 3.63) is 192 Å². The van der Waals surface area contributed by atoms with Crippen molar-refractivity contribution in [3.63, 3.8) is 0 Å². The molecule has 8 aromatic carbocycles. The van der Waals surface area contributed by atoms with Gasteiger partial charge < -0.3 is 34.0 Å². The van der Waals surface area contributed by atoms with E-state index in [1.165, 1.54) is 86.8 Å². The molecule has 0 saturated heterocycles. The summed E-state index contributed by atoms with van der Waals surface area (Å²) < 4.78 is 0. The SMILES string of the molecule is Cc1ccc(P(c2ccc(C)cc2)c2ccc3ccccc3c2-c2c(P(c3ccc(C)cc3)c3ccc(C)cc3)ccc3ccccc23)cc1.[Br-].[Br-].[Ru+2]. The van der Waals surface area contributed by atoms with Crippen LogP contribution in [0.15, 0.2) is 170 Å². The average Bonchev–Trinajstić information content (AvgIpc) is 3.15. The Morgan fingerprint density at radius 1 is 0.302 bits per heavy atom. The van der Waals surface area contributed by atoms with E-state index in [1.807, 2.05) is 0 Å². The summed E-state index contributed by atoms with van der Waals surface area (Å²) in [5, 5.41) is 13.4. The van der Waals surface area contributed by atoms with Gasteiger partial charge in [0.2, 0.25) is 0 Å². The molecule has 0 nitrogen and oxygen atoms in total. The topological polar surface area (TPSA) is 0 Å². The Balaban J connectivity index is 0.00000180. The van der Waals surface area contributed by atoms with Crippen LogP contribution in [-0.2, 0) is 19.5 Å². The minimum absolute atomic E-state index is 0. The van der Waals surface area contributed by atoms with Crippen molar-refractivity contribution in [2.75, 3.05) is 0 Å². The zero-order chi connectivity index (χ0) is 34.2. The fourth-order valence-electron chi connectivity index (χ4n) is 7.05. The van der Waals surface area contributed by atoms with E-state index in [1.54, 1.807) is 0 Å². The Hall–Kier alpha value is -3.28. The smallest absolute Gasteiger partial charge is 1.00 e. The van der Waals surface area contributed by atoms with Crippen LogP contribution in [0.5, 0.6) is 0 Å². The predicted octanol–water partition coefficient (Wildman–Crippen LogP) is 4.42. The van der Waals surface area contributed by atoms with Gasteiger partial charge in [-0.3, -0.25) is 0 Å². The second kappa shape index (κ2) is 17.9. The molecule has 8 aromatic rings. The fraction of sp³-hybridized carbons (Fsp3) is 0.0833. The molecule has 0 amide bonds. The molecule has 53 heavy (non-hydrogen) atoms. The number of rotatable bonds is 7. The first-order chi connectivity index (χ1) is 24.4. The van der Waals surface area contributed by atoms with Crippen molar-refractivity contribution in [3.8, 4) is 11.1 Å². The molecule has 0 atom stereocenters. The maximum atomic E-state index is 2.44.